The maximum Gasteiger partial charge on any atom is 0.138 e. The van der Waals surface area contributed by atoms with Crippen molar-refractivity contribution in [2.24, 2.45) is 5.73 Å². The van der Waals surface area contributed by atoms with Crippen LogP contribution in [0, 0.1) is 0 Å². The van der Waals surface area contributed by atoms with E-state index in [0.717, 1.165) is 51.0 Å². The van der Waals surface area contributed by atoms with Crippen molar-refractivity contribution in [2.45, 2.75) is 12.5 Å². The Balaban J connectivity index is 1.34. The van der Waals surface area contributed by atoms with Crippen molar-refractivity contribution in [3.8, 4) is 39.4 Å². The van der Waals surface area contributed by atoms with Crippen molar-refractivity contribution in [1.82, 2.24) is 20.2 Å². The molecule has 0 saturated carbocycles. The molecule has 0 unspecified atom stereocenters. The zero-order valence-corrected chi connectivity index (χ0v) is 20.0. The van der Waals surface area contributed by atoms with Crippen LogP contribution in [-0.4, -0.2) is 32.8 Å². The predicted molar refractivity (Wildman–Crippen MR) is 144 cm³/mol. The van der Waals surface area contributed by atoms with Gasteiger partial charge in [0.1, 0.15) is 18.1 Å². The topological polar surface area (TPSA) is 103 Å². The van der Waals surface area contributed by atoms with E-state index in [4.69, 9.17) is 19.9 Å². The highest BCUT2D eigenvalue weighted by Gasteiger charge is 2.16. The summed E-state index contributed by atoms with van der Waals surface area (Å²) < 4.78 is 11.5. The first-order valence-electron chi connectivity index (χ1n) is 12.1. The van der Waals surface area contributed by atoms with Gasteiger partial charge in [0.15, 0.2) is 0 Å². The van der Waals surface area contributed by atoms with E-state index in [1.165, 1.54) is 5.56 Å². The SMILES string of the molecule is N[C@H](COc1cnc(-c2ccoc2)c(-c2ccc3[nH]nc(-c4ccncc4)c3c2)c1)Cc1ccccc1. The lowest BCUT2D eigenvalue weighted by molar-refractivity contribution is 0.287. The molecule has 0 spiro atoms. The number of nitrogens with zero attached hydrogens (tertiary/aromatic N) is 3. The van der Waals surface area contributed by atoms with Gasteiger partial charge in [-0.15, -0.1) is 0 Å². The molecule has 0 bridgehead atoms. The average Bonchev–Trinajstić information content (AvgIpc) is 3.63. The zero-order valence-electron chi connectivity index (χ0n) is 20.0. The van der Waals surface area contributed by atoms with E-state index in [1.54, 1.807) is 31.1 Å². The molecule has 0 amide bonds. The van der Waals surface area contributed by atoms with E-state index in [1.807, 2.05) is 48.5 Å². The molecule has 7 heteroatoms. The summed E-state index contributed by atoms with van der Waals surface area (Å²) in [6.45, 7) is 0.383. The van der Waals surface area contributed by atoms with E-state index in [2.05, 4.69) is 39.4 Å². The number of H-pyrrole nitrogens is 1. The summed E-state index contributed by atoms with van der Waals surface area (Å²) in [6, 6.07) is 24.1. The summed E-state index contributed by atoms with van der Waals surface area (Å²) in [7, 11) is 0. The maximum absolute atomic E-state index is 6.36. The van der Waals surface area contributed by atoms with Gasteiger partial charge in [-0.1, -0.05) is 36.4 Å². The normalized spacial score (nSPS) is 12.0. The largest absolute Gasteiger partial charge is 0.490 e. The maximum atomic E-state index is 6.36. The second-order valence-corrected chi connectivity index (χ2v) is 8.91. The molecule has 2 aromatic carbocycles. The van der Waals surface area contributed by atoms with Gasteiger partial charge in [-0.05, 0) is 53.9 Å². The molecule has 4 aromatic heterocycles. The Morgan fingerprint density at radius 3 is 2.57 bits per heavy atom. The van der Waals surface area contributed by atoms with Gasteiger partial charge in [0.25, 0.3) is 0 Å². The Morgan fingerprint density at radius 1 is 0.892 bits per heavy atom. The molecule has 0 aliphatic carbocycles. The van der Waals surface area contributed by atoms with Crippen LogP contribution >= 0.6 is 0 Å². The van der Waals surface area contributed by atoms with Crippen LogP contribution in [-0.2, 0) is 6.42 Å². The van der Waals surface area contributed by atoms with E-state index < -0.39 is 0 Å². The number of furan rings is 1. The van der Waals surface area contributed by atoms with Gasteiger partial charge in [0.2, 0.25) is 0 Å². The van der Waals surface area contributed by atoms with Gasteiger partial charge < -0.3 is 14.9 Å². The summed E-state index contributed by atoms with van der Waals surface area (Å²) in [5.41, 5.74) is 14.0. The fourth-order valence-corrected chi connectivity index (χ4v) is 4.46. The molecule has 0 aliphatic heterocycles. The van der Waals surface area contributed by atoms with Crippen molar-refractivity contribution in [3.63, 3.8) is 0 Å². The molecule has 6 rings (SSSR count). The molecule has 0 fully saturated rings. The van der Waals surface area contributed by atoms with Crippen molar-refractivity contribution in [2.75, 3.05) is 6.61 Å². The Labute approximate surface area is 214 Å². The number of ether oxygens (including phenoxy) is 1. The molecule has 37 heavy (non-hydrogen) atoms. The number of benzene rings is 2. The van der Waals surface area contributed by atoms with E-state index in [-0.39, 0.29) is 6.04 Å². The lowest BCUT2D eigenvalue weighted by atomic mass is 9.98. The lowest BCUT2D eigenvalue weighted by Gasteiger charge is -2.15. The molecular formula is C30H25N5O2. The minimum absolute atomic E-state index is 0.135. The minimum Gasteiger partial charge on any atom is -0.490 e. The van der Waals surface area contributed by atoms with Crippen LogP contribution in [0.25, 0.3) is 44.5 Å². The molecular weight excluding hydrogens is 462 g/mol. The molecule has 6 aromatic rings. The van der Waals surface area contributed by atoms with Gasteiger partial charge in [-0.25, -0.2) is 0 Å². The van der Waals surface area contributed by atoms with Crippen LogP contribution in [0.4, 0.5) is 0 Å². The van der Waals surface area contributed by atoms with Gasteiger partial charge >= 0.3 is 0 Å². The standard InChI is InChI=1S/C30H25N5O2/c31-24(14-20-4-2-1-3-5-20)19-37-25-16-26(29(33-17-25)23-10-13-36-18-23)22-6-7-28-27(15-22)30(35-34-28)21-8-11-32-12-9-21/h1-13,15-18,24H,14,19,31H2,(H,34,35)/t24-/m0/s1. The van der Waals surface area contributed by atoms with E-state index in [0.29, 0.717) is 12.4 Å². The van der Waals surface area contributed by atoms with Gasteiger partial charge in [0.05, 0.1) is 29.9 Å². The third-order valence-corrected chi connectivity index (χ3v) is 6.29. The number of fused-ring (bicyclic) bond motifs is 1. The van der Waals surface area contributed by atoms with Crippen molar-refractivity contribution in [3.05, 3.63) is 109 Å². The Morgan fingerprint density at radius 2 is 1.76 bits per heavy atom. The molecule has 182 valence electrons. The molecule has 7 nitrogen and oxygen atoms in total. The van der Waals surface area contributed by atoms with E-state index in [9.17, 15) is 0 Å². The monoisotopic (exact) mass is 487 g/mol. The molecule has 1 atom stereocenters. The van der Waals surface area contributed by atoms with Gasteiger partial charge in [0, 0.05) is 40.5 Å². The molecule has 0 saturated heterocycles. The lowest BCUT2D eigenvalue weighted by Crippen LogP contribution is -2.30. The van der Waals surface area contributed by atoms with Crippen molar-refractivity contribution in [1.29, 1.82) is 0 Å². The minimum atomic E-state index is -0.135. The molecule has 3 N–H and O–H groups in total. The van der Waals surface area contributed by atoms with E-state index >= 15 is 0 Å². The summed E-state index contributed by atoms with van der Waals surface area (Å²) in [4.78, 5) is 8.88. The third-order valence-electron chi connectivity index (χ3n) is 6.29. The highest BCUT2D eigenvalue weighted by Crippen LogP contribution is 2.36. The van der Waals surface area contributed by atoms with Gasteiger partial charge in [-0.2, -0.15) is 5.10 Å². The zero-order chi connectivity index (χ0) is 25.0. The number of aromatic amines is 1. The molecule has 4 heterocycles. The number of aromatic nitrogens is 4. The van der Waals surface area contributed by atoms with Crippen LogP contribution in [0.5, 0.6) is 5.75 Å². The quantitative estimate of drug-likeness (QED) is 0.277. The number of nitrogens with two attached hydrogens (primary N) is 1. The number of rotatable bonds is 8. The van der Waals surface area contributed by atoms with Crippen LogP contribution < -0.4 is 10.5 Å². The summed E-state index contributed by atoms with van der Waals surface area (Å²) in [6.07, 6.45) is 9.35. The molecule has 0 aliphatic rings. The number of nitrogens with one attached hydrogen (secondary N) is 1. The second-order valence-electron chi connectivity index (χ2n) is 8.91. The average molecular weight is 488 g/mol. The summed E-state index contributed by atoms with van der Waals surface area (Å²) >= 11 is 0. The first-order valence-corrected chi connectivity index (χ1v) is 12.1. The first-order chi connectivity index (χ1) is 18.2. The predicted octanol–water partition coefficient (Wildman–Crippen LogP) is 5.90. The second kappa shape index (κ2) is 10.1. The Hall–Kier alpha value is -4.75. The van der Waals surface area contributed by atoms with Gasteiger partial charge in [-0.3, -0.25) is 15.1 Å². The van der Waals surface area contributed by atoms with Crippen LogP contribution in [0.1, 0.15) is 5.56 Å². The fraction of sp³-hybridized carbons (Fsp3) is 0.100. The number of hydrogen-bond acceptors (Lipinski definition) is 6. The summed E-state index contributed by atoms with van der Waals surface area (Å²) in [5.74, 6) is 0.660. The Kier molecular flexibility index (Phi) is 6.19. The van der Waals surface area contributed by atoms with Crippen molar-refractivity contribution < 1.29 is 9.15 Å². The Bertz CT molecular complexity index is 1610. The van der Waals surface area contributed by atoms with Crippen molar-refractivity contribution >= 4 is 10.9 Å². The fourth-order valence-electron chi connectivity index (χ4n) is 4.46. The molecule has 0 radical (unpaired) electrons. The van der Waals surface area contributed by atoms with Crippen LogP contribution in [0.3, 0.4) is 0 Å². The highest BCUT2D eigenvalue weighted by atomic mass is 16.5. The van der Waals surface area contributed by atoms with Crippen LogP contribution in [0.15, 0.2) is 108 Å². The van der Waals surface area contributed by atoms with Crippen LogP contribution in [0.2, 0.25) is 0 Å². The number of pyridine rings is 2. The first kappa shape index (κ1) is 22.7. The summed E-state index contributed by atoms with van der Waals surface area (Å²) in [5, 5.41) is 8.70. The third kappa shape index (κ3) is 4.85. The number of hydrogen-bond donors (Lipinski definition) is 2. The smallest absolute Gasteiger partial charge is 0.138 e. The highest BCUT2D eigenvalue weighted by molar-refractivity contribution is 5.96.